The van der Waals surface area contributed by atoms with E-state index < -0.39 is 20.9 Å². The number of anilines is 1. The average molecular weight is 534 g/mol. The van der Waals surface area contributed by atoms with Gasteiger partial charge in [-0.2, -0.15) is 10.2 Å². The topological polar surface area (TPSA) is 135 Å². The number of rotatable bonds is 10. The van der Waals surface area contributed by atoms with E-state index in [9.17, 15) is 23.3 Å². The first-order chi connectivity index (χ1) is 17.2. The van der Waals surface area contributed by atoms with Gasteiger partial charge in [0.15, 0.2) is 5.03 Å². The van der Waals surface area contributed by atoms with Gasteiger partial charge in [0.1, 0.15) is 0 Å². The Hall–Kier alpha value is -3.45. The van der Waals surface area contributed by atoms with Crippen molar-refractivity contribution in [3.8, 4) is 0 Å². The maximum Gasteiger partial charge on any atom is 0.338 e. The summed E-state index contributed by atoms with van der Waals surface area (Å²) in [5.74, 6) is -0.254. The first-order valence-electron chi connectivity index (χ1n) is 11.1. The molecule has 11 nitrogen and oxygen atoms in total. The molecule has 0 atom stereocenters. The minimum absolute atomic E-state index is 0.0693. The van der Waals surface area contributed by atoms with Crippen molar-refractivity contribution in [1.29, 1.82) is 0 Å². The zero-order valence-electron chi connectivity index (χ0n) is 19.9. The number of esters is 1. The Bertz CT molecular complexity index is 1230. The number of carbonyl (C=O) groups excluding carboxylic acids is 1. The summed E-state index contributed by atoms with van der Waals surface area (Å²) >= 11 is 1.14. The molecule has 0 amide bonds. The Morgan fingerprint density at radius 2 is 1.75 bits per heavy atom. The van der Waals surface area contributed by atoms with E-state index in [1.807, 2.05) is 43.3 Å². The lowest BCUT2D eigenvalue weighted by Crippen LogP contribution is -2.35. The molecule has 2 aromatic carbocycles. The SMILES string of the molecule is CN(C)c1ccc(N=Nc2ccc(C(=O)OCCCS(=O)(=O)N3CCCSC3=C[N+](=O)[O-])cc2)cc1. The molecule has 0 aliphatic carbocycles. The molecule has 0 saturated carbocycles. The number of thioether (sulfide) groups is 1. The van der Waals surface area contributed by atoms with E-state index in [0.29, 0.717) is 35.3 Å². The summed E-state index contributed by atoms with van der Waals surface area (Å²) in [5.41, 5.74) is 2.61. The van der Waals surface area contributed by atoms with Crippen molar-refractivity contribution in [1.82, 2.24) is 4.31 Å². The summed E-state index contributed by atoms with van der Waals surface area (Å²) in [6, 6.07) is 14.0. The molecule has 1 saturated heterocycles. The molecule has 1 fully saturated rings. The quantitative estimate of drug-likeness (QED) is 0.143. The number of hydrogen-bond donors (Lipinski definition) is 0. The third-order valence-corrected chi connectivity index (χ3v) is 8.17. The largest absolute Gasteiger partial charge is 0.462 e. The van der Waals surface area contributed by atoms with Crippen LogP contribution in [0.5, 0.6) is 0 Å². The Kier molecular flexibility index (Phi) is 9.42. The van der Waals surface area contributed by atoms with Crippen LogP contribution in [0.3, 0.4) is 0 Å². The Morgan fingerprint density at radius 1 is 1.14 bits per heavy atom. The van der Waals surface area contributed by atoms with Crippen LogP contribution in [0, 0.1) is 10.1 Å². The van der Waals surface area contributed by atoms with Crippen molar-refractivity contribution in [2.75, 3.05) is 43.7 Å². The lowest BCUT2D eigenvalue weighted by molar-refractivity contribution is -0.403. The van der Waals surface area contributed by atoms with Gasteiger partial charge in [0.25, 0.3) is 6.20 Å². The molecule has 192 valence electrons. The van der Waals surface area contributed by atoms with Crippen molar-refractivity contribution < 1.29 is 22.9 Å². The molecule has 36 heavy (non-hydrogen) atoms. The summed E-state index contributed by atoms with van der Waals surface area (Å²) < 4.78 is 31.5. The number of nitro groups is 1. The van der Waals surface area contributed by atoms with Crippen molar-refractivity contribution in [2.24, 2.45) is 10.2 Å². The highest BCUT2D eigenvalue weighted by molar-refractivity contribution is 8.04. The van der Waals surface area contributed by atoms with Crippen LogP contribution < -0.4 is 4.90 Å². The van der Waals surface area contributed by atoms with Crippen LogP contribution in [0.1, 0.15) is 23.2 Å². The number of azo groups is 1. The van der Waals surface area contributed by atoms with Crippen LogP contribution in [0.15, 0.2) is 70.0 Å². The van der Waals surface area contributed by atoms with Gasteiger partial charge in [-0.1, -0.05) is 0 Å². The van der Waals surface area contributed by atoms with E-state index in [2.05, 4.69) is 10.2 Å². The molecule has 2 aromatic rings. The Balaban J connectivity index is 1.48. The van der Waals surface area contributed by atoms with E-state index in [1.54, 1.807) is 24.3 Å². The van der Waals surface area contributed by atoms with E-state index >= 15 is 0 Å². The van der Waals surface area contributed by atoms with E-state index in [1.165, 1.54) is 0 Å². The van der Waals surface area contributed by atoms with Gasteiger partial charge < -0.3 is 9.64 Å². The summed E-state index contributed by atoms with van der Waals surface area (Å²) in [5, 5.41) is 19.2. The van der Waals surface area contributed by atoms with Crippen LogP contribution >= 0.6 is 11.8 Å². The Morgan fingerprint density at radius 3 is 2.33 bits per heavy atom. The van der Waals surface area contributed by atoms with Gasteiger partial charge in [-0.25, -0.2) is 13.2 Å². The standard InChI is InChI=1S/C23H27N5O6S2/c1-26(2)21-11-9-20(10-12-21)25-24-19-7-5-18(6-8-19)23(29)34-14-4-16-36(32,33)27-13-3-15-35-22(27)17-28(30)31/h5-12,17H,3-4,13-16H2,1-2H3. The van der Waals surface area contributed by atoms with Crippen molar-refractivity contribution >= 4 is 44.8 Å². The van der Waals surface area contributed by atoms with Gasteiger partial charge in [-0.15, -0.1) is 11.8 Å². The van der Waals surface area contributed by atoms with Crippen LogP contribution in [-0.4, -0.2) is 62.4 Å². The van der Waals surface area contributed by atoms with Gasteiger partial charge >= 0.3 is 5.97 Å². The molecule has 0 N–H and O–H groups in total. The molecule has 0 radical (unpaired) electrons. The fraction of sp³-hybridized carbons (Fsp3) is 0.348. The molecule has 0 aromatic heterocycles. The third-order valence-electron chi connectivity index (χ3n) is 5.08. The second kappa shape index (κ2) is 12.5. The summed E-state index contributed by atoms with van der Waals surface area (Å²) in [6.45, 7) is 0.0949. The summed E-state index contributed by atoms with van der Waals surface area (Å²) in [7, 11) is 0.146. The van der Waals surface area contributed by atoms with Crippen LogP contribution in [0.25, 0.3) is 0 Å². The first kappa shape index (κ1) is 27.1. The Labute approximate surface area is 214 Å². The predicted molar refractivity (Wildman–Crippen MR) is 139 cm³/mol. The van der Waals surface area contributed by atoms with Crippen LogP contribution in [0.4, 0.5) is 17.1 Å². The van der Waals surface area contributed by atoms with Crippen molar-refractivity contribution in [3.63, 3.8) is 0 Å². The molecule has 1 aliphatic heterocycles. The monoisotopic (exact) mass is 533 g/mol. The van der Waals surface area contributed by atoms with Crippen LogP contribution in [0.2, 0.25) is 0 Å². The highest BCUT2D eigenvalue weighted by Gasteiger charge is 2.29. The fourth-order valence-electron chi connectivity index (χ4n) is 3.23. The van der Waals surface area contributed by atoms with Crippen molar-refractivity contribution in [3.05, 3.63) is 75.4 Å². The lowest BCUT2D eigenvalue weighted by Gasteiger charge is -2.28. The third kappa shape index (κ3) is 7.78. The minimum Gasteiger partial charge on any atom is -0.462 e. The maximum atomic E-state index is 12.6. The summed E-state index contributed by atoms with van der Waals surface area (Å²) in [6.07, 6.45) is 1.39. The number of sulfonamides is 1. The lowest BCUT2D eigenvalue weighted by atomic mass is 10.2. The fourth-order valence-corrected chi connectivity index (χ4v) is 6.04. The number of nitrogens with zero attached hydrogens (tertiary/aromatic N) is 5. The van der Waals surface area contributed by atoms with Crippen molar-refractivity contribution in [2.45, 2.75) is 12.8 Å². The number of ether oxygens (including phenoxy) is 1. The molecule has 1 heterocycles. The molecule has 0 unspecified atom stereocenters. The molecule has 0 bridgehead atoms. The molecule has 1 aliphatic rings. The molecule has 0 spiro atoms. The van der Waals surface area contributed by atoms with E-state index in [4.69, 9.17) is 4.74 Å². The normalized spacial score (nSPS) is 15.3. The van der Waals surface area contributed by atoms with Gasteiger partial charge in [0.2, 0.25) is 10.0 Å². The zero-order valence-corrected chi connectivity index (χ0v) is 21.6. The van der Waals surface area contributed by atoms with E-state index in [0.717, 1.165) is 21.8 Å². The molecule has 3 rings (SSSR count). The summed E-state index contributed by atoms with van der Waals surface area (Å²) in [4.78, 5) is 24.4. The first-order valence-corrected chi connectivity index (χ1v) is 13.7. The second-order valence-corrected chi connectivity index (χ2v) is 11.1. The maximum absolute atomic E-state index is 12.6. The molecular formula is C23H27N5O6S2. The number of carbonyl (C=O) groups is 1. The highest BCUT2D eigenvalue weighted by atomic mass is 32.2. The van der Waals surface area contributed by atoms with Gasteiger partial charge in [-0.05, 0) is 61.4 Å². The second-order valence-electron chi connectivity index (χ2n) is 7.99. The van der Waals surface area contributed by atoms with Gasteiger partial charge in [0, 0.05) is 32.1 Å². The number of hydrogen-bond acceptors (Lipinski definition) is 10. The molecule has 13 heteroatoms. The van der Waals surface area contributed by atoms with Gasteiger partial charge in [-0.3, -0.25) is 14.4 Å². The van der Waals surface area contributed by atoms with Crippen LogP contribution in [-0.2, 0) is 14.8 Å². The average Bonchev–Trinajstić information content (AvgIpc) is 2.85. The smallest absolute Gasteiger partial charge is 0.338 e. The molecular weight excluding hydrogens is 506 g/mol. The zero-order chi connectivity index (χ0) is 26.1. The van der Waals surface area contributed by atoms with E-state index in [-0.39, 0.29) is 30.4 Å². The predicted octanol–water partition coefficient (Wildman–Crippen LogP) is 4.56. The highest BCUT2D eigenvalue weighted by Crippen LogP contribution is 2.29. The number of benzene rings is 2. The van der Waals surface area contributed by atoms with Gasteiger partial charge in [0.05, 0.1) is 34.2 Å². The minimum atomic E-state index is -3.76.